The highest BCUT2D eigenvalue weighted by Gasteiger charge is 2.51. The van der Waals surface area contributed by atoms with Gasteiger partial charge in [-0.2, -0.15) is 0 Å². The number of hydrogen-bond donors (Lipinski definition) is 9. The summed E-state index contributed by atoms with van der Waals surface area (Å²) in [6, 6.07) is -0.831. The smallest absolute Gasteiger partial charge is 0.220 e. The van der Waals surface area contributed by atoms with E-state index < -0.39 is 86.8 Å². The van der Waals surface area contributed by atoms with Gasteiger partial charge >= 0.3 is 0 Å². The van der Waals surface area contributed by atoms with Crippen LogP contribution < -0.4 is 5.32 Å². The predicted octanol–water partition coefficient (Wildman–Crippen LogP) is 11.6. The monoisotopic (exact) mass is 1140 g/mol. The third-order valence-electron chi connectivity index (χ3n) is 14.8. The minimum absolute atomic E-state index is 0.218. The number of unbranched alkanes of at least 4 members (excludes halogenated alkanes) is 18. The number of aliphatic hydroxyl groups is 8. The molecule has 14 heteroatoms. The molecule has 12 atom stereocenters. The van der Waals surface area contributed by atoms with E-state index in [1.807, 2.05) is 0 Å². The molecule has 12 unspecified atom stereocenters. The minimum atomic E-state index is -1.78. The van der Waals surface area contributed by atoms with E-state index in [1.54, 1.807) is 0 Å². The highest BCUT2D eigenvalue weighted by Crippen LogP contribution is 2.30. The zero-order valence-corrected chi connectivity index (χ0v) is 50.0. The summed E-state index contributed by atoms with van der Waals surface area (Å²) in [5.74, 6) is -0.218. The Labute approximate surface area is 489 Å². The van der Waals surface area contributed by atoms with E-state index >= 15 is 0 Å². The zero-order chi connectivity index (χ0) is 58.8. The molecule has 0 spiro atoms. The maximum absolute atomic E-state index is 13.2. The van der Waals surface area contributed by atoms with Gasteiger partial charge in [-0.25, -0.2) is 0 Å². The molecule has 2 heterocycles. The molecule has 2 aliphatic rings. The fraction of sp³-hybridized carbons (Fsp3) is 0.716. The first-order valence-electron chi connectivity index (χ1n) is 31.6. The van der Waals surface area contributed by atoms with Crippen LogP contribution in [0.3, 0.4) is 0 Å². The summed E-state index contributed by atoms with van der Waals surface area (Å²) in [7, 11) is 0. The number of ether oxygens (including phenoxy) is 4. The number of carbonyl (C=O) groups is 1. The van der Waals surface area contributed by atoms with E-state index in [2.05, 4.69) is 129 Å². The fourth-order valence-corrected chi connectivity index (χ4v) is 9.70. The van der Waals surface area contributed by atoms with E-state index in [-0.39, 0.29) is 12.5 Å². The second-order valence-electron chi connectivity index (χ2n) is 21.8. The maximum atomic E-state index is 13.2. The standard InChI is InChI=1S/C67H113NO13/c1-3-5-7-9-11-12-13-14-15-16-17-18-19-20-21-22-23-24-25-26-27-28-29-30-31-32-33-34-35-36-37-38-39-40-41-42-43-44-45-47-49-51-59(72)68-55(56(71)50-48-46-10-8-6-4-2)54-78-66-64(77)62(75)65(58(53-70)80-66)81-67-63(76)61(74)60(73)57(52-69)79-67/h5,7,11-12,14-15,17-18,20-21,23-24,26-27,29-30,32-33,55-58,60-67,69-71,73-77H,3-4,6,8-10,13,16,19,22,25,28,31,34-54H2,1-2H3,(H,68,72)/b7-5-,12-11-,15-14-,18-17-,21-20-,24-23-,27-26-,30-29-,33-32-. The molecule has 0 radical (unpaired) electrons. The van der Waals surface area contributed by atoms with Crippen LogP contribution >= 0.6 is 0 Å². The second kappa shape index (κ2) is 51.1. The Morgan fingerprint density at radius 2 is 0.852 bits per heavy atom. The van der Waals surface area contributed by atoms with Crippen LogP contribution in [0.25, 0.3) is 0 Å². The van der Waals surface area contributed by atoms with Gasteiger partial charge in [0.1, 0.15) is 48.8 Å². The highest BCUT2D eigenvalue weighted by atomic mass is 16.7. The molecule has 2 fully saturated rings. The summed E-state index contributed by atoms with van der Waals surface area (Å²) in [5, 5.41) is 86.7. The van der Waals surface area contributed by atoms with Crippen LogP contribution in [0, 0.1) is 0 Å². The third-order valence-corrected chi connectivity index (χ3v) is 14.8. The summed E-state index contributed by atoms with van der Waals surface area (Å²) in [4.78, 5) is 13.2. The van der Waals surface area contributed by atoms with E-state index in [9.17, 15) is 45.6 Å². The number of aliphatic hydroxyl groups excluding tert-OH is 8. The van der Waals surface area contributed by atoms with Crippen molar-refractivity contribution in [1.82, 2.24) is 5.32 Å². The van der Waals surface area contributed by atoms with Gasteiger partial charge in [0, 0.05) is 6.42 Å². The largest absolute Gasteiger partial charge is 0.394 e. The third kappa shape index (κ3) is 36.2. The molecular formula is C67H113NO13. The van der Waals surface area contributed by atoms with Gasteiger partial charge in [0.15, 0.2) is 12.6 Å². The van der Waals surface area contributed by atoms with Gasteiger partial charge < -0.3 is 65.1 Å². The molecular weight excluding hydrogens is 1030 g/mol. The normalized spacial score (nSPS) is 24.9. The number of nitrogens with one attached hydrogen (secondary N) is 1. The highest BCUT2D eigenvalue weighted by molar-refractivity contribution is 5.76. The Morgan fingerprint density at radius 3 is 1.31 bits per heavy atom. The molecule has 9 N–H and O–H groups in total. The maximum Gasteiger partial charge on any atom is 0.220 e. The van der Waals surface area contributed by atoms with E-state index in [0.717, 1.165) is 128 Å². The molecule has 0 aromatic rings. The number of allylic oxidation sites excluding steroid dienone is 18. The van der Waals surface area contributed by atoms with Gasteiger partial charge in [0.05, 0.1) is 32.0 Å². The van der Waals surface area contributed by atoms with Crippen molar-refractivity contribution < 1.29 is 64.6 Å². The summed E-state index contributed by atoms with van der Waals surface area (Å²) in [6.07, 6.45) is 56.0. The Morgan fingerprint density at radius 1 is 0.457 bits per heavy atom. The van der Waals surface area contributed by atoms with Gasteiger partial charge in [-0.1, -0.05) is 232 Å². The zero-order valence-electron chi connectivity index (χ0n) is 50.0. The van der Waals surface area contributed by atoms with Crippen molar-refractivity contribution in [2.24, 2.45) is 0 Å². The summed E-state index contributed by atoms with van der Waals surface area (Å²) in [5.41, 5.74) is 0. The Balaban J connectivity index is 1.52. The van der Waals surface area contributed by atoms with Crippen LogP contribution in [0.1, 0.15) is 213 Å². The Bertz CT molecular complexity index is 1770. The topological polar surface area (TPSA) is 228 Å². The number of amides is 1. The number of rotatable bonds is 49. The minimum Gasteiger partial charge on any atom is -0.394 e. The molecule has 2 saturated heterocycles. The lowest BCUT2D eigenvalue weighted by molar-refractivity contribution is -0.359. The quantitative estimate of drug-likeness (QED) is 0.0204. The molecule has 81 heavy (non-hydrogen) atoms. The van der Waals surface area contributed by atoms with Crippen molar-refractivity contribution in [2.45, 2.75) is 286 Å². The van der Waals surface area contributed by atoms with Crippen LogP contribution in [-0.2, 0) is 23.7 Å². The van der Waals surface area contributed by atoms with Crippen molar-refractivity contribution in [3.63, 3.8) is 0 Å². The van der Waals surface area contributed by atoms with Crippen LogP contribution in [0.4, 0.5) is 0 Å². The predicted molar refractivity (Wildman–Crippen MR) is 327 cm³/mol. The summed E-state index contributed by atoms with van der Waals surface area (Å²) in [6.45, 7) is 2.65. The van der Waals surface area contributed by atoms with Crippen molar-refractivity contribution in [2.75, 3.05) is 19.8 Å². The van der Waals surface area contributed by atoms with Crippen molar-refractivity contribution in [3.05, 3.63) is 109 Å². The summed E-state index contributed by atoms with van der Waals surface area (Å²) < 4.78 is 22.7. The number of carbonyl (C=O) groups excluding carboxylic acids is 1. The van der Waals surface area contributed by atoms with Crippen LogP contribution in [-0.4, -0.2) is 140 Å². The molecule has 14 nitrogen and oxygen atoms in total. The van der Waals surface area contributed by atoms with Gasteiger partial charge in [-0.05, 0) is 83.5 Å². The SMILES string of the molecule is CC/C=C\C/C=C\C/C=C\C/C=C\C/C=C\C/C=C\C/C=C\C/C=C\C/C=C\CCCCCCCCCCCCCCCC(=O)NC(COC1OC(CO)C(OC2OC(CO)C(O)C(O)C2O)C(O)C1O)C(O)CCCCCCCC. The Hall–Kier alpha value is -3.35. The molecule has 0 saturated carbocycles. The first-order valence-corrected chi connectivity index (χ1v) is 31.6. The lowest BCUT2D eigenvalue weighted by Crippen LogP contribution is -2.65. The van der Waals surface area contributed by atoms with Gasteiger partial charge in [0.25, 0.3) is 0 Å². The van der Waals surface area contributed by atoms with Gasteiger partial charge in [-0.15, -0.1) is 0 Å². The van der Waals surface area contributed by atoms with Crippen molar-refractivity contribution in [1.29, 1.82) is 0 Å². The lowest BCUT2D eigenvalue weighted by Gasteiger charge is -2.46. The molecule has 464 valence electrons. The fourth-order valence-electron chi connectivity index (χ4n) is 9.70. The van der Waals surface area contributed by atoms with Crippen LogP contribution in [0.2, 0.25) is 0 Å². The molecule has 0 aliphatic carbocycles. The average Bonchev–Trinajstić information content (AvgIpc) is 3.55. The molecule has 0 aromatic heterocycles. The molecule has 0 aromatic carbocycles. The van der Waals surface area contributed by atoms with Crippen LogP contribution in [0.15, 0.2) is 109 Å². The molecule has 0 bridgehead atoms. The first kappa shape index (κ1) is 73.8. The van der Waals surface area contributed by atoms with Crippen molar-refractivity contribution in [3.8, 4) is 0 Å². The van der Waals surface area contributed by atoms with E-state index in [4.69, 9.17) is 18.9 Å². The lowest BCUT2D eigenvalue weighted by atomic mass is 9.97. The van der Waals surface area contributed by atoms with Gasteiger partial charge in [0.2, 0.25) is 5.91 Å². The van der Waals surface area contributed by atoms with Crippen LogP contribution in [0.5, 0.6) is 0 Å². The summed E-state index contributed by atoms with van der Waals surface area (Å²) >= 11 is 0. The molecule has 2 rings (SSSR count). The van der Waals surface area contributed by atoms with Crippen molar-refractivity contribution >= 4 is 5.91 Å². The first-order chi connectivity index (χ1) is 39.6. The van der Waals surface area contributed by atoms with E-state index in [0.29, 0.717) is 12.8 Å². The molecule has 1 amide bonds. The number of hydrogen-bond acceptors (Lipinski definition) is 13. The second-order valence-corrected chi connectivity index (χ2v) is 21.8. The van der Waals surface area contributed by atoms with E-state index in [1.165, 1.54) is 57.8 Å². The average molecular weight is 1140 g/mol. The molecule has 2 aliphatic heterocycles. The van der Waals surface area contributed by atoms with Gasteiger partial charge in [-0.3, -0.25) is 4.79 Å². The Kier molecular flexibility index (Phi) is 46.5.